The number of esters is 1. The molecule has 0 N–H and O–H groups in total. The Balaban J connectivity index is 3.01. The lowest BCUT2D eigenvalue weighted by atomic mass is 10.0. The second-order valence-corrected chi connectivity index (χ2v) is 3.83. The van der Waals surface area contributed by atoms with Crippen LogP contribution >= 0.6 is 15.9 Å². The highest BCUT2D eigenvalue weighted by Gasteiger charge is 2.09. The zero-order valence-corrected chi connectivity index (χ0v) is 10.6. The predicted octanol–water partition coefficient (Wildman–Crippen LogP) is 2.82. The number of ether oxygens (including phenoxy) is 1. The van der Waals surface area contributed by atoms with Crippen molar-refractivity contribution in [2.24, 2.45) is 0 Å². The maximum absolute atomic E-state index is 11.3. The zero-order chi connectivity index (χ0) is 12.0. The highest BCUT2D eigenvalue weighted by atomic mass is 79.9. The number of nitrogens with zero attached hydrogens (tertiary/aromatic N) is 1. The average Bonchev–Trinajstić information content (AvgIpc) is 2.34. The monoisotopic (exact) mass is 281 g/mol. The van der Waals surface area contributed by atoms with Gasteiger partial charge in [0.15, 0.2) is 0 Å². The molecular weight excluding hydrogens is 270 g/mol. The van der Waals surface area contributed by atoms with Crippen LogP contribution in [0, 0.1) is 11.3 Å². The van der Waals surface area contributed by atoms with Crippen molar-refractivity contribution in [2.45, 2.75) is 18.2 Å². The lowest BCUT2D eigenvalue weighted by Gasteiger charge is -2.07. The summed E-state index contributed by atoms with van der Waals surface area (Å²) in [5.74, 6) is -0.348. The Bertz CT molecular complexity index is 424. The number of carbonyl (C=O) groups is 1. The van der Waals surface area contributed by atoms with E-state index in [1.165, 1.54) is 7.11 Å². The molecule has 4 heteroatoms. The Morgan fingerprint density at radius 2 is 2.25 bits per heavy atom. The van der Waals surface area contributed by atoms with Gasteiger partial charge in [0.1, 0.15) is 0 Å². The average molecular weight is 282 g/mol. The van der Waals surface area contributed by atoms with Crippen molar-refractivity contribution in [3.63, 3.8) is 0 Å². The van der Waals surface area contributed by atoms with Crippen LogP contribution in [-0.2, 0) is 16.5 Å². The summed E-state index contributed by atoms with van der Waals surface area (Å²) in [7, 11) is 1.36. The standard InChI is InChI=1S/C12H12BrNO2/c1-16-12(15)10-4-5-11(8-13)9(7-10)3-2-6-14/h4-5,7H,2-3,8H2,1H3. The van der Waals surface area contributed by atoms with Crippen LogP contribution in [0.2, 0.25) is 0 Å². The van der Waals surface area contributed by atoms with E-state index in [2.05, 4.69) is 26.7 Å². The molecule has 0 amide bonds. The van der Waals surface area contributed by atoms with Gasteiger partial charge in [-0.3, -0.25) is 0 Å². The Hall–Kier alpha value is -1.34. The third-order valence-electron chi connectivity index (χ3n) is 2.28. The van der Waals surface area contributed by atoms with E-state index in [0.29, 0.717) is 18.4 Å². The fourth-order valence-electron chi connectivity index (χ4n) is 1.42. The molecule has 0 fully saturated rings. The number of benzene rings is 1. The van der Waals surface area contributed by atoms with Crippen LogP contribution in [0.5, 0.6) is 0 Å². The van der Waals surface area contributed by atoms with Crippen molar-refractivity contribution in [1.29, 1.82) is 5.26 Å². The summed E-state index contributed by atoms with van der Waals surface area (Å²) in [6.07, 6.45) is 1.10. The largest absolute Gasteiger partial charge is 0.465 e. The summed E-state index contributed by atoms with van der Waals surface area (Å²) in [6, 6.07) is 7.51. The van der Waals surface area contributed by atoms with Gasteiger partial charge in [0, 0.05) is 11.8 Å². The summed E-state index contributed by atoms with van der Waals surface area (Å²) >= 11 is 3.38. The normalized spacial score (nSPS) is 9.56. The highest BCUT2D eigenvalue weighted by molar-refractivity contribution is 9.08. The van der Waals surface area contributed by atoms with E-state index < -0.39 is 0 Å². The first-order valence-corrected chi connectivity index (χ1v) is 5.98. The third-order valence-corrected chi connectivity index (χ3v) is 2.88. The van der Waals surface area contributed by atoms with Crippen molar-refractivity contribution < 1.29 is 9.53 Å². The SMILES string of the molecule is COC(=O)c1ccc(CBr)c(CCC#N)c1. The minimum absolute atomic E-state index is 0.348. The molecule has 0 spiro atoms. The zero-order valence-electron chi connectivity index (χ0n) is 9.00. The number of aryl methyl sites for hydroxylation is 1. The fourth-order valence-corrected chi connectivity index (χ4v) is 1.97. The van der Waals surface area contributed by atoms with E-state index in [1.807, 2.05) is 6.07 Å². The minimum Gasteiger partial charge on any atom is -0.465 e. The number of halogens is 1. The van der Waals surface area contributed by atoms with Crippen LogP contribution < -0.4 is 0 Å². The van der Waals surface area contributed by atoms with Gasteiger partial charge in [-0.1, -0.05) is 22.0 Å². The highest BCUT2D eigenvalue weighted by Crippen LogP contribution is 2.17. The van der Waals surface area contributed by atoms with E-state index in [-0.39, 0.29) is 5.97 Å². The van der Waals surface area contributed by atoms with Crippen molar-refractivity contribution in [3.8, 4) is 6.07 Å². The van der Waals surface area contributed by atoms with Gasteiger partial charge < -0.3 is 4.74 Å². The second-order valence-electron chi connectivity index (χ2n) is 3.27. The molecule has 0 bridgehead atoms. The topological polar surface area (TPSA) is 50.1 Å². The summed E-state index contributed by atoms with van der Waals surface area (Å²) < 4.78 is 4.65. The molecule has 3 nitrogen and oxygen atoms in total. The smallest absolute Gasteiger partial charge is 0.337 e. The maximum Gasteiger partial charge on any atom is 0.337 e. The minimum atomic E-state index is -0.348. The van der Waals surface area contributed by atoms with Crippen molar-refractivity contribution in [3.05, 3.63) is 34.9 Å². The van der Waals surface area contributed by atoms with Gasteiger partial charge in [-0.15, -0.1) is 0 Å². The first-order valence-electron chi connectivity index (χ1n) is 4.86. The Kier molecular flexibility index (Phi) is 5.00. The molecule has 0 saturated heterocycles. The number of alkyl halides is 1. The molecule has 84 valence electrons. The molecule has 0 aromatic heterocycles. The van der Waals surface area contributed by atoms with Gasteiger partial charge in [0.05, 0.1) is 18.7 Å². The van der Waals surface area contributed by atoms with E-state index in [1.54, 1.807) is 12.1 Å². The van der Waals surface area contributed by atoms with E-state index in [0.717, 1.165) is 16.5 Å². The van der Waals surface area contributed by atoms with E-state index in [9.17, 15) is 4.79 Å². The Labute approximate surface area is 103 Å². The third kappa shape index (κ3) is 3.07. The summed E-state index contributed by atoms with van der Waals surface area (Å²) in [4.78, 5) is 11.3. The van der Waals surface area contributed by atoms with Crippen LogP contribution in [-0.4, -0.2) is 13.1 Å². The van der Waals surface area contributed by atoms with Gasteiger partial charge in [-0.2, -0.15) is 5.26 Å². The number of nitriles is 1. The van der Waals surface area contributed by atoms with Crippen LogP contribution in [0.1, 0.15) is 27.9 Å². The number of hydrogen-bond acceptors (Lipinski definition) is 3. The molecule has 0 atom stereocenters. The van der Waals surface area contributed by atoms with E-state index in [4.69, 9.17) is 5.26 Å². The first-order chi connectivity index (χ1) is 7.72. The quantitative estimate of drug-likeness (QED) is 0.630. The second kappa shape index (κ2) is 6.29. The first kappa shape index (κ1) is 12.7. The molecule has 1 aromatic rings. The molecule has 1 rings (SSSR count). The van der Waals surface area contributed by atoms with Gasteiger partial charge in [-0.25, -0.2) is 4.79 Å². The molecule has 0 aliphatic rings. The lowest BCUT2D eigenvalue weighted by Crippen LogP contribution is -2.03. The molecular formula is C12H12BrNO2. The predicted molar refractivity (Wildman–Crippen MR) is 64.3 cm³/mol. The Morgan fingerprint density at radius 1 is 1.50 bits per heavy atom. The number of methoxy groups -OCH3 is 1. The fraction of sp³-hybridized carbons (Fsp3) is 0.333. The van der Waals surface area contributed by atoms with Gasteiger partial charge in [0.25, 0.3) is 0 Å². The summed E-state index contributed by atoms with van der Waals surface area (Å²) in [5, 5.41) is 9.28. The van der Waals surface area contributed by atoms with Gasteiger partial charge in [0.2, 0.25) is 0 Å². The number of hydrogen-bond donors (Lipinski definition) is 0. The van der Waals surface area contributed by atoms with Crippen molar-refractivity contribution in [1.82, 2.24) is 0 Å². The summed E-state index contributed by atoms with van der Waals surface area (Å²) in [6.45, 7) is 0. The van der Waals surface area contributed by atoms with Gasteiger partial charge in [-0.05, 0) is 29.7 Å². The number of rotatable bonds is 4. The molecule has 0 unspecified atom stereocenters. The maximum atomic E-state index is 11.3. The molecule has 0 saturated carbocycles. The Morgan fingerprint density at radius 3 is 2.81 bits per heavy atom. The summed E-state index contributed by atoms with van der Waals surface area (Å²) in [5.41, 5.74) is 2.64. The van der Waals surface area contributed by atoms with Crippen molar-refractivity contribution in [2.75, 3.05) is 7.11 Å². The molecule has 0 aliphatic heterocycles. The molecule has 16 heavy (non-hydrogen) atoms. The van der Waals surface area contributed by atoms with Crippen molar-refractivity contribution >= 4 is 21.9 Å². The van der Waals surface area contributed by atoms with Crippen LogP contribution in [0.3, 0.4) is 0 Å². The van der Waals surface area contributed by atoms with Crippen LogP contribution in [0.4, 0.5) is 0 Å². The van der Waals surface area contributed by atoms with E-state index >= 15 is 0 Å². The van der Waals surface area contributed by atoms with Crippen LogP contribution in [0.25, 0.3) is 0 Å². The molecule has 0 heterocycles. The molecule has 1 aromatic carbocycles. The molecule has 0 radical (unpaired) electrons. The molecule has 0 aliphatic carbocycles. The van der Waals surface area contributed by atoms with Crippen LogP contribution in [0.15, 0.2) is 18.2 Å². The lowest BCUT2D eigenvalue weighted by molar-refractivity contribution is 0.0600. The van der Waals surface area contributed by atoms with Gasteiger partial charge >= 0.3 is 5.97 Å². The number of carbonyl (C=O) groups excluding carboxylic acids is 1.